The molecule has 0 aromatic carbocycles. The van der Waals surface area contributed by atoms with Crippen LogP contribution in [0.4, 0.5) is 0 Å². The van der Waals surface area contributed by atoms with Crippen LogP contribution in [0.15, 0.2) is 0 Å². The first kappa shape index (κ1) is 9.99. The Kier molecular flexibility index (Phi) is 3.60. The minimum atomic E-state index is 1.09. The maximum absolute atomic E-state index is 2.59. The summed E-state index contributed by atoms with van der Waals surface area (Å²) in [6, 6.07) is 0. The van der Waals surface area contributed by atoms with Crippen LogP contribution in [0.2, 0.25) is 0 Å². The summed E-state index contributed by atoms with van der Waals surface area (Å²) in [4.78, 5) is 0. The zero-order valence-corrected chi connectivity index (χ0v) is 11.6. The van der Waals surface area contributed by atoms with Gasteiger partial charge < -0.3 is 0 Å². The van der Waals surface area contributed by atoms with Crippen molar-refractivity contribution in [2.24, 2.45) is 23.7 Å². The lowest BCUT2D eigenvalue weighted by Crippen LogP contribution is -2.21. The summed E-state index contributed by atoms with van der Waals surface area (Å²) in [5.41, 5.74) is 0. The molecule has 0 aromatic heterocycles. The van der Waals surface area contributed by atoms with E-state index >= 15 is 0 Å². The lowest BCUT2D eigenvalue weighted by atomic mass is 9.80. The number of hydrogen-bond acceptors (Lipinski definition) is 0. The van der Waals surface area contributed by atoms with E-state index in [0.717, 1.165) is 23.7 Å². The molecule has 2 aliphatic carbocycles. The third kappa shape index (κ3) is 1.79. The monoisotopic (exact) mass is 390 g/mol. The molecule has 0 amide bonds. The average Bonchev–Trinajstić information content (AvgIpc) is 2.62. The Labute approximate surface area is 103 Å². The third-order valence-corrected chi connectivity index (χ3v) is 5.52. The molecule has 2 bridgehead atoms. The molecule has 2 saturated carbocycles. The summed E-state index contributed by atoms with van der Waals surface area (Å²) >= 11 is 5.12. The predicted octanol–water partition coefficient (Wildman–Crippen LogP) is 3.91. The van der Waals surface area contributed by atoms with Crippen molar-refractivity contribution in [2.75, 3.05) is 8.86 Å². The fourth-order valence-corrected chi connectivity index (χ4v) is 5.11. The molecule has 0 aromatic rings. The van der Waals surface area contributed by atoms with Crippen LogP contribution in [0.25, 0.3) is 0 Å². The van der Waals surface area contributed by atoms with Gasteiger partial charge in [0.05, 0.1) is 0 Å². The number of hydrogen-bond donors (Lipinski definition) is 0. The molecule has 0 radical (unpaired) electrons. The van der Waals surface area contributed by atoms with Gasteiger partial charge in [-0.25, -0.2) is 0 Å². The Morgan fingerprint density at radius 1 is 1.00 bits per heavy atom. The van der Waals surface area contributed by atoms with Crippen LogP contribution in [-0.2, 0) is 0 Å². The molecule has 12 heavy (non-hydrogen) atoms. The van der Waals surface area contributed by atoms with Gasteiger partial charge in [0, 0.05) is 4.43 Å². The van der Waals surface area contributed by atoms with Crippen LogP contribution in [0, 0.1) is 23.7 Å². The Bertz CT molecular complexity index is 156. The lowest BCUT2D eigenvalue weighted by Gasteiger charge is -2.27. The predicted molar refractivity (Wildman–Crippen MR) is 70.2 cm³/mol. The first-order valence-electron chi connectivity index (χ1n) is 4.97. The normalized spacial score (nSPS) is 45.5. The fourth-order valence-electron chi connectivity index (χ4n) is 3.30. The maximum Gasteiger partial charge on any atom is 0.00265 e. The van der Waals surface area contributed by atoms with Crippen LogP contribution in [0.5, 0.6) is 0 Å². The molecule has 2 rings (SSSR count). The lowest BCUT2D eigenvalue weighted by molar-refractivity contribution is 0.256. The van der Waals surface area contributed by atoms with Crippen molar-refractivity contribution >= 4 is 45.2 Å². The van der Waals surface area contributed by atoms with Crippen molar-refractivity contribution in [3.63, 3.8) is 0 Å². The average molecular weight is 390 g/mol. The van der Waals surface area contributed by atoms with Gasteiger partial charge in [0.1, 0.15) is 0 Å². The highest BCUT2D eigenvalue weighted by atomic mass is 127. The van der Waals surface area contributed by atoms with E-state index in [1.165, 1.54) is 15.3 Å². The van der Waals surface area contributed by atoms with Crippen molar-refractivity contribution in [2.45, 2.75) is 25.7 Å². The molecule has 4 atom stereocenters. The highest BCUT2D eigenvalue weighted by molar-refractivity contribution is 14.1. The van der Waals surface area contributed by atoms with E-state index in [0.29, 0.717) is 0 Å². The van der Waals surface area contributed by atoms with Crippen LogP contribution in [0.1, 0.15) is 25.7 Å². The van der Waals surface area contributed by atoms with Gasteiger partial charge in [-0.2, -0.15) is 0 Å². The zero-order chi connectivity index (χ0) is 8.55. The number of rotatable bonds is 3. The smallest absolute Gasteiger partial charge is 0.00265 e. The molecule has 0 aliphatic heterocycles. The minimum absolute atomic E-state index is 1.09. The zero-order valence-electron chi connectivity index (χ0n) is 7.31. The molecule has 70 valence electrons. The molecular formula is C10H16I2. The van der Waals surface area contributed by atoms with Crippen LogP contribution in [-0.4, -0.2) is 8.86 Å². The molecule has 0 spiro atoms. The number of halogens is 2. The van der Waals surface area contributed by atoms with Gasteiger partial charge >= 0.3 is 0 Å². The summed E-state index contributed by atoms with van der Waals surface area (Å²) in [6.07, 6.45) is 6.20. The van der Waals surface area contributed by atoms with E-state index in [2.05, 4.69) is 45.2 Å². The quantitative estimate of drug-likeness (QED) is 0.507. The van der Waals surface area contributed by atoms with Gasteiger partial charge in [-0.15, -0.1) is 0 Å². The summed E-state index contributed by atoms with van der Waals surface area (Å²) in [6.45, 7) is 0. The van der Waals surface area contributed by atoms with Crippen LogP contribution >= 0.6 is 45.2 Å². The molecule has 2 heteroatoms. The first-order valence-corrected chi connectivity index (χ1v) is 8.02. The number of fused-ring (bicyclic) bond motifs is 2. The summed E-state index contributed by atoms with van der Waals surface area (Å²) < 4.78 is 2.79. The highest BCUT2D eigenvalue weighted by Crippen LogP contribution is 2.53. The third-order valence-electron chi connectivity index (χ3n) is 3.77. The molecule has 2 fully saturated rings. The topological polar surface area (TPSA) is 0 Å². The molecule has 0 saturated heterocycles. The first-order chi connectivity index (χ1) is 5.85. The minimum Gasteiger partial charge on any atom is -0.0864 e. The van der Waals surface area contributed by atoms with E-state index in [1.54, 1.807) is 19.3 Å². The second kappa shape index (κ2) is 4.32. The summed E-state index contributed by atoms with van der Waals surface area (Å²) in [5, 5.41) is 0. The van der Waals surface area contributed by atoms with Crippen molar-refractivity contribution in [1.82, 2.24) is 0 Å². The molecule has 0 nitrogen and oxygen atoms in total. The summed E-state index contributed by atoms with van der Waals surface area (Å²) in [5.74, 6) is 4.46. The van der Waals surface area contributed by atoms with Gasteiger partial charge in [0.15, 0.2) is 0 Å². The van der Waals surface area contributed by atoms with Crippen molar-refractivity contribution in [3.05, 3.63) is 0 Å². The van der Waals surface area contributed by atoms with E-state index in [1.807, 2.05) is 0 Å². The fraction of sp³-hybridized carbons (Fsp3) is 1.00. The Balaban J connectivity index is 1.95. The molecule has 4 unspecified atom stereocenters. The van der Waals surface area contributed by atoms with Gasteiger partial charge in [-0.3, -0.25) is 0 Å². The second-order valence-electron chi connectivity index (χ2n) is 4.39. The molecule has 2 aliphatic rings. The highest BCUT2D eigenvalue weighted by Gasteiger charge is 2.44. The second-order valence-corrected chi connectivity index (χ2v) is 6.35. The molecule has 0 N–H and O–H groups in total. The van der Waals surface area contributed by atoms with Gasteiger partial charge in [-0.1, -0.05) is 45.2 Å². The largest absolute Gasteiger partial charge is 0.0864 e. The van der Waals surface area contributed by atoms with Gasteiger partial charge in [0.2, 0.25) is 0 Å². The van der Waals surface area contributed by atoms with Gasteiger partial charge in [-0.05, 0) is 53.8 Å². The Morgan fingerprint density at radius 2 is 1.75 bits per heavy atom. The van der Waals surface area contributed by atoms with E-state index in [4.69, 9.17) is 0 Å². The van der Waals surface area contributed by atoms with E-state index in [9.17, 15) is 0 Å². The standard InChI is InChI=1S/C10H16I2/c11-2-1-8-3-7-4-9(6-12)10(8)5-7/h7-10H,1-6H2. The van der Waals surface area contributed by atoms with Crippen LogP contribution in [0.3, 0.4) is 0 Å². The molecular weight excluding hydrogens is 374 g/mol. The Morgan fingerprint density at radius 3 is 2.33 bits per heavy atom. The van der Waals surface area contributed by atoms with E-state index < -0.39 is 0 Å². The molecule has 0 heterocycles. The van der Waals surface area contributed by atoms with Crippen molar-refractivity contribution in [3.8, 4) is 0 Å². The SMILES string of the molecule is ICCC1CC2CC(CI)C1C2. The van der Waals surface area contributed by atoms with Crippen LogP contribution < -0.4 is 0 Å². The van der Waals surface area contributed by atoms with Crippen molar-refractivity contribution in [1.29, 1.82) is 0 Å². The Hall–Kier alpha value is 1.46. The van der Waals surface area contributed by atoms with Gasteiger partial charge in [0.25, 0.3) is 0 Å². The number of alkyl halides is 2. The van der Waals surface area contributed by atoms with E-state index in [-0.39, 0.29) is 0 Å². The van der Waals surface area contributed by atoms with Crippen molar-refractivity contribution < 1.29 is 0 Å². The summed E-state index contributed by atoms with van der Waals surface area (Å²) in [7, 11) is 0. The maximum atomic E-state index is 2.59.